The second-order valence-electron chi connectivity index (χ2n) is 2.67. The number of ether oxygens (including phenoxy) is 2. The van der Waals surface area contributed by atoms with Crippen molar-refractivity contribution >= 4 is 0 Å². The van der Waals surface area contributed by atoms with E-state index in [9.17, 15) is 10.2 Å². The van der Waals surface area contributed by atoms with Gasteiger partial charge >= 0.3 is 0 Å². The molecule has 0 radical (unpaired) electrons. The topological polar surface area (TPSA) is 58.9 Å². The fraction of sp³-hybridized carbons (Fsp3) is 1.00. The van der Waals surface area contributed by atoms with Gasteiger partial charge in [0.1, 0.15) is 12.2 Å². The van der Waals surface area contributed by atoms with Crippen LogP contribution in [-0.2, 0) is 9.47 Å². The first kappa shape index (κ1) is 8.93. The van der Waals surface area contributed by atoms with Crippen molar-refractivity contribution in [2.75, 3.05) is 7.11 Å². The Morgan fingerprint density at radius 3 is 2.27 bits per heavy atom. The summed E-state index contributed by atoms with van der Waals surface area (Å²) in [5.41, 5.74) is 0. The Labute approximate surface area is 65.7 Å². The zero-order chi connectivity index (χ0) is 8.43. The van der Waals surface area contributed by atoms with Crippen molar-refractivity contribution in [1.82, 2.24) is 0 Å². The largest absolute Gasteiger partial charge is 0.387 e. The number of methoxy groups -OCH3 is 1. The Bertz CT molecular complexity index is 110. The number of aliphatic hydroxyl groups excluding tert-OH is 2. The van der Waals surface area contributed by atoms with E-state index >= 15 is 0 Å². The Morgan fingerprint density at radius 1 is 1.36 bits per heavy atom. The van der Waals surface area contributed by atoms with Gasteiger partial charge in [-0.25, -0.2) is 0 Å². The second kappa shape index (κ2) is 3.49. The monoisotopic (exact) mass is 162 g/mol. The summed E-state index contributed by atoms with van der Waals surface area (Å²) in [6, 6.07) is 0. The van der Waals surface area contributed by atoms with E-state index in [1.165, 1.54) is 7.11 Å². The highest BCUT2D eigenvalue weighted by Crippen LogP contribution is 2.23. The van der Waals surface area contributed by atoms with Gasteiger partial charge in [0, 0.05) is 7.11 Å². The lowest BCUT2D eigenvalue weighted by molar-refractivity contribution is -0.148. The second-order valence-corrected chi connectivity index (χ2v) is 2.67. The van der Waals surface area contributed by atoms with Crippen LogP contribution in [0, 0.1) is 0 Å². The highest BCUT2D eigenvalue weighted by Gasteiger charge is 2.41. The van der Waals surface area contributed by atoms with Gasteiger partial charge in [-0.15, -0.1) is 0 Å². The molecule has 1 rings (SSSR count). The van der Waals surface area contributed by atoms with Crippen LogP contribution in [0.1, 0.15) is 13.3 Å². The van der Waals surface area contributed by atoms with Crippen molar-refractivity contribution in [3.8, 4) is 0 Å². The lowest BCUT2D eigenvalue weighted by Gasteiger charge is -2.11. The lowest BCUT2D eigenvalue weighted by atomic mass is 10.1. The molecule has 1 heterocycles. The van der Waals surface area contributed by atoms with E-state index in [2.05, 4.69) is 0 Å². The molecule has 4 atom stereocenters. The summed E-state index contributed by atoms with van der Waals surface area (Å²) in [7, 11) is 1.44. The van der Waals surface area contributed by atoms with E-state index in [4.69, 9.17) is 9.47 Å². The summed E-state index contributed by atoms with van der Waals surface area (Å²) in [5, 5.41) is 18.6. The van der Waals surface area contributed by atoms with Crippen molar-refractivity contribution in [1.29, 1.82) is 0 Å². The van der Waals surface area contributed by atoms with Crippen LogP contribution in [0.3, 0.4) is 0 Å². The van der Waals surface area contributed by atoms with Crippen LogP contribution in [0.25, 0.3) is 0 Å². The van der Waals surface area contributed by atoms with Crippen molar-refractivity contribution in [3.05, 3.63) is 0 Å². The summed E-state index contributed by atoms with van der Waals surface area (Å²) in [4.78, 5) is 0. The van der Waals surface area contributed by atoms with Crippen molar-refractivity contribution in [3.63, 3.8) is 0 Å². The van der Waals surface area contributed by atoms with Crippen LogP contribution >= 0.6 is 0 Å². The fourth-order valence-electron chi connectivity index (χ4n) is 1.25. The molecule has 0 aromatic heterocycles. The molecular weight excluding hydrogens is 148 g/mol. The highest BCUT2D eigenvalue weighted by atomic mass is 16.7. The van der Waals surface area contributed by atoms with Crippen LogP contribution in [0.4, 0.5) is 0 Å². The van der Waals surface area contributed by atoms with Gasteiger partial charge in [-0.3, -0.25) is 0 Å². The van der Waals surface area contributed by atoms with Crippen LogP contribution in [0.5, 0.6) is 0 Å². The fourth-order valence-corrected chi connectivity index (χ4v) is 1.25. The summed E-state index contributed by atoms with van der Waals surface area (Å²) < 4.78 is 9.96. The molecule has 0 aliphatic carbocycles. The van der Waals surface area contributed by atoms with E-state index in [1.807, 2.05) is 6.92 Å². The summed E-state index contributed by atoms with van der Waals surface area (Å²) in [5.74, 6) is 0. The van der Waals surface area contributed by atoms with Crippen molar-refractivity contribution in [2.24, 2.45) is 0 Å². The maximum Gasteiger partial charge on any atom is 0.186 e. The molecule has 0 amide bonds. The maximum absolute atomic E-state index is 9.30. The molecule has 4 nitrogen and oxygen atoms in total. The molecule has 0 bridgehead atoms. The molecule has 2 N–H and O–H groups in total. The molecule has 0 saturated carbocycles. The Hall–Kier alpha value is -0.160. The van der Waals surface area contributed by atoms with Crippen LogP contribution in [0.2, 0.25) is 0 Å². The van der Waals surface area contributed by atoms with Crippen molar-refractivity contribution in [2.45, 2.75) is 37.9 Å². The van der Waals surface area contributed by atoms with Crippen molar-refractivity contribution < 1.29 is 19.7 Å². The first-order valence-electron chi connectivity index (χ1n) is 3.75. The average molecular weight is 162 g/mol. The average Bonchev–Trinajstić information content (AvgIpc) is 2.30. The molecule has 1 fully saturated rings. The molecule has 1 aliphatic rings. The lowest BCUT2D eigenvalue weighted by Crippen LogP contribution is -2.32. The zero-order valence-corrected chi connectivity index (χ0v) is 6.73. The molecular formula is C7H14O4. The minimum Gasteiger partial charge on any atom is -0.387 e. The highest BCUT2D eigenvalue weighted by molar-refractivity contribution is 4.85. The number of hydrogen-bond donors (Lipinski definition) is 2. The molecule has 0 unspecified atom stereocenters. The van der Waals surface area contributed by atoms with E-state index in [1.54, 1.807) is 0 Å². The van der Waals surface area contributed by atoms with Gasteiger partial charge in [0.2, 0.25) is 0 Å². The molecule has 1 aliphatic heterocycles. The number of aliphatic hydroxyl groups is 2. The SMILES string of the molecule is CC[C@H]1O[C@H](OC)[C@H](O)[C@H]1O. The molecule has 11 heavy (non-hydrogen) atoms. The molecule has 66 valence electrons. The smallest absolute Gasteiger partial charge is 0.186 e. The van der Waals surface area contributed by atoms with Gasteiger partial charge in [0.05, 0.1) is 6.10 Å². The summed E-state index contributed by atoms with van der Waals surface area (Å²) in [6.07, 6.45) is -2.02. The van der Waals surface area contributed by atoms with Crippen LogP contribution in [-0.4, -0.2) is 41.9 Å². The Kier molecular flexibility index (Phi) is 2.84. The minimum atomic E-state index is -0.912. The Morgan fingerprint density at radius 2 is 2.00 bits per heavy atom. The zero-order valence-electron chi connectivity index (χ0n) is 6.73. The quantitative estimate of drug-likeness (QED) is 0.574. The standard InChI is InChI=1S/C7H14O4/c1-3-4-5(8)6(9)7(10-2)11-4/h4-9H,3H2,1-2H3/t4-,5+,6-,7+/m1/s1. The van der Waals surface area contributed by atoms with Crippen LogP contribution < -0.4 is 0 Å². The normalized spacial score (nSPS) is 44.7. The van der Waals surface area contributed by atoms with Gasteiger partial charge < -0.3 is 19.7 Å². The first-order chi connectivity index (χ1) is 5.20. The molecule has 0 spiro atoms. The molecule has 0 aromatic carbocycles. The van der Waals surface area contributed by atoms with E-state index in [0.29, 0.717) is 6.42 Å². The maximum atomic E-state index is 9.30. The van der Waals surface area contributed by atoms with E-state index < -0.39 is 18.5 Å². The third-order valence-electron chi connectivity index (χ3n) is 1.95. The van der Waals surface area contributed by atoms with Gasteiger partial charge in [-0.05, 0) is 6.42 Å². The minimum absolute atomic E-state index is 0.296. The predicted octanol–water partition coefficient (Wildman–Crippen LogP) is -0.510. The molecule has 0 aromatic rings. The van der Waals surface area contributed by atoms with Gasteiger partial charge in [0.25, 0.3) is 0 Å². The number of rotatable bonds is 2. The Balaban J connectivity index is 2.53. The first-order valence-corrected chi connectivity index (χ1v) is 3.75. The summed E-state index contributed by atoms with van der Waals surface area (Å²) in [6.45, 7) is 1.89. The molecule has 1 saturated heterocycles. The summed E-state index contributed by atoms with van der Waals surface area (Å²) >= 11 is 0. The van der Waals surface area contributed by atoms with Crippen LogP contribution in [0.15, 0.2) is 0 Å². The third-order valence-corrected chi connectivity index (χ3v) is 1.95. The van der Waals surface area contributed by atoms with Gasteiger partial charge in [-0.2, -0.15) is 0 Å². The third kappa shape index (κ3) is 1.54. The van der Waals surface area contributed by atoms with E-state index in [-0.39, 0.29) is 6.10 Å². The van der Waals surface area contributed by atoms with E-state index in [0.717, 1.165) is 0 Å². The van der Waals surface area contributed by atoms with Gasteiger partial charge in [0.15, 0.2) is 6.29 Å². The molecule has 4 heteroatoms. The number of hydrogen-bond acceptors (Lipinski definition) is 4. The predicted molar refractivity (Wildman–Crippen MR) is 38.0 cm³/mol. The van der Waals surface area contributed by atoms with Gasteiger partial charge in [-0.1, -0.05) is 6.92 Å².